The van der Waals surface area contributed by atoms with Crippen LogP contribution in [0.25, 0.3) is 0 Å². The monoisotopic (exact) mass is 318 g/mol. The Kier molecular flexibility index (Phi) is 10.7. The zero-order valence-corrected chi connectivity index (χ0v) is 14.2. The molecule has 1 heterocycles. The minimum Gasteiger partial charge on any atom is -0.490 e. The van der Waals surface area contributed by atoms with E-state index < -0.39 is 5.97 Å². The van der Waals surface area contributed by atoms with Gasteiger partial charge in [-0.15, -0.1) is 0 Å². The molecule has 1 atom stereocenters. The maximum atomic E-state index is 10.4. The van der Waals surface area contributed by atoms with Crippen molar-refractivity contribution in [3.8, 4) is 0 Å². The second-order valence-corrected chi connectivity index (χ2v) is 5.90. The number of rotatable bonds is 4. The van der Waals surface area contributed by atoms with E-state index in [4.69, 9.17) is 9.84 Å². The van der Waals surface area contributed by atoms with E-state index in [2.05, 4.69) is 13.0 Å². The summed E-state index contributed by atoms with van der Waals surface area (Å²) in [5, 5.41) is 8.56. The highest BCUT2D eigenvalue weighted by molar-refractivity contribution is 5.80. The second kappa shape index (κ2) is 12.7. The fourth-order valence-electron chi connectivity index (χ4n) is 2.57. The van der Waals surface area contributed by atoms with Crippen LogP contribution in [0.2, 0.25) is 0 Å². The quantitative estimate of drug-likeness (QED) is 0.546. The number of carbonyl (C=O) groups is 1. The van der Waals surface area contributed by atoms with Crippen LogP contribution in [-0.2, 0) is 9.53 Å². The number of ether oxygens (including phenoxy) is 1. The van der Waals surface area contributed by atoms with Crippen LogP contribution in [0.1, 0.15) is 64.7 Å². The van der Waals surface area contributed by atoms with Crippen LogP contribution < -0.4 is 0 Å². The summed E-state index contributed by atoms with van der Waals surface area (Å²) in [6.45, 7) is 2.16. The van der Waals surface area contributed by atoms with Gasteiger partial charge in [-0.1, -0.05) is 56.9 Å². The van der Waals surface area contributed by atoms with Crippen LogP contribution in [0, 0.1) is 0 Å². The van der Waals surface area contributed by atoms with Gasteiger partial charge in [-0.3, -0.25) is 0 Å². The van der Waals surface area contributed by atoms with Crippen molar-refractivity contribution < 1.29 is 14.6 Å². The van der Waals surface area contributed by atoms with Crippen LogP contribution >= 0.6 is 0 Å². The number of carboxylic acid groups (broad SMARTS) is 1. The first kappa shape index (κ1) is 19.3. The van der Waals surface area contributed by atoms with Gasteiger partial charge in [-0.05, 0) is 44.3 Å². The Morgan fingerprint density at radius 1 is 1.17 bits per heavy atom. The van der Waals surface area contributed by atoms with Crippen molar-refractivity contribution in [2.75, 3.05) is 0 Å². The molecule has 0 bridgehead atoms. The average Bonchev–Trinajstić information content (AvgIpc) is 2.55. The number of hydrogen-bond donors (Lipinski definition) is 1. The van der Waals surface area contributed by atoms with Crippen molar-refractivity contribution >= 4 is 5.97 Å². The van der Waals surface area contributed by atoms with Gasteiger partial charge in [-0.25, -0.2) is 4.79 Å². The summed E-state index contributed by atoms with van der Waals surface area (Å²) in [7, 11) is 0. The average molecular weight is 318 g/mol. The summed E-state index contributed by atoms with van der Waals surface area (Å²) in [6.07, 6.45) is 23.5. The molecule has 0 fully saturated rings. The van der Waals surface area contributed by atoms with Gasteiger partial charge in [0.15, 0.2) is 0 Å². The molecule has 1 aliphatic heterocycles. The number of hydrogen-bond acceptors (Lipinski definition) is 2. The van der Waals surface area contributed by atoms with Gasteiger partial charge < -0.3 is 9.84 Å². The Balaban J connectivity index is 2.70. The smallest absolute Gasteiger partial charge is 0.328 e. The van der Waals surface area contributed by atoms with E-state index in [0.29, 0.717) is 0 Å². The molecule has 1 rings (SSSR count). The van der Waals surface area contributed by atoms with Crippen LogP contribution in [-0.4, -0.2) is 17.2 Å². The highest BCUT2D eigenvalue weighted by Gasteiger charge is 2.08. The second-order valence-electron chi connectivity index (χ2n) is 5.90. The van der Waals surface area contributed by atoms with Crippen molar-refractivity contribution in [3.63, 3.8) is 0 Å². The lowest BCUT2D eigenvalue weighted by Crippen LogP contribution is -2.10. The van der Waals surface area contributed by atoms with E-state index in [-0.39, 0.29) is 6.10 Å². The van der Waals surface area contributed by atoms with Crippen molar-refractivity contribution in [3.05, 3.63) is 48.3 Å². The molecule has 0 radical (unpaired) electrons. The third-order valence-corrected chi connectivity index (χ3v) is 3.91. The third-order valence-electron chi connectivity index (χ3n) is 3.91. The molecule has 23 heavy (non-hydrogen) atoms. The van der Waals surface area contributed by atoms with Crippen molar-refractivity contribution in [1.29, 1.82) is 0 Å². The van der Waals surface area contributed by atoms with Crippen LogP contribution in [0.3, 0.4) is 0 Å². The van der Waals surface area contributed by atoms with Gasteiger partial charge in [0.1, 0.15) is 5.76 Å². The molecule has 128 valence electrons. The zero-order valence-electron chi connectivity index (χ0n) is 14.2. The first-order valence-corrected chi connectivity index (χ1v) is 8.83. The van der Waals surface area contributed by atoms with Gasteiger partial charge in [-0.2, -0.15) is 0 Å². The Hall–Kier alpha value is -1.77. The van der Waals surface area contributed by atoms with Gasteiger partial charge in [0.05, 0.1) is 6.10 Å². The molecule has 1 unspecified atom stereocenters. The molecule has 3 heteroatoms. The van der Waals surface area contributed by atoms with Gasteiger partial charge in [0, 0.05) is 6.08 Å². The summed E-state index contributed by atoms with van der Waals surface area (Å²) in [5.41, 5.74) is 0. The summed E-state index contributed by atoms with van der Waals surface area (Å²) in [4.78, 5) is 10.4. The van der Waals surface area contributed by atoms with E-state index >= 15 is 0 Å². The number of aliphatic carboxylic acids is 1. The van der Waals surface area contributed by atoms with E-state index in [1.807, 2.05) is 18.2 Å². The SMILES string of the molecule is CCC1CCCCCCCC/C=C\C(=CC=CC=CC(=O)O)O1. The van der Waals surface area contributed by atoms with Crippen molar-refractivity contribution in [2.45, 2.75) is 70.8 Å². The van der Waals surface area contributed by atoms with E-state index in [9.17, 15) is 4.79 Å². The minimum absolute atomic E-state index is 0.259. The lowest BCUT2D eigenvalue weighted by Gasteiger charge is -2.18. The predicted molar refractivity (Wildman–Crippen MR) is 95.2 cm³/mol. The molecule has 1 aliphatic rings. The third kappa shape index (κ3) is 10.6. The molecular formula is C20H30O3. The highest BCUT2D eigenvalue weighted by Crippen LogP contribution is 2.18. The lowest BCUT2D eigenvalue weighted by molar-refractivity contribution is -0.131. The van der Waals surface area contributed by atoms with Crippen LogP contribution in [0.5, 0.6) is 0 Å². The largest absolute Gasteiger partial charge is 0.490 e. The Morgan fingerprint density at radius 3 is 2.65 bits per heavy atom. The fraction of sp³-hybridized carbons (Fsp3) is 0.550. The first-order chi connectivity index (χ1) is 11.2. The summed E-state index contributed by atoms with van der Waals surface area (Å²) in [6, 6.07) is 0. The standard InChI is InChI=1S/C20H30O3/c1-2-18-14-10-7-5-3-4-6-8-11-15-19(23-18)16-12-9-13-17-20(21)22/h9,11-13,15-18H,2-8,10,14H2,1H3,(H,21,22)/b12-9?,15-11-,17-13?,19-16?. The topological polar surface area (TPSA) is 46.5 Å². The van der Waals surface area contributed by atoms with Gasteiger partial charge in [0.2, 0.25) is 0 Å². The van der Waals surface area contributed by atoms with Gasteiger partial charge >= 0.3 is 5.97 Å². The molecule has 3 nitrogen and oxygen atoms in total. The fourth-order valence-corrected chi connectivity index (χ4v) is 2.57. The predicted octanol–water partition coefficient (Wildman–Crippen LogP) is 5.55. The maximum Gasteiger partial charge on any atom is 0.328 e. The molecule has 0 aromatic rings. The van der Waals surface area contributed by atoms with Crippen molar-refractivity contribution in [1.82, 2.24) is 0 Å². The molecule has 0 aliphatic carbocycles. The number of carboxylic acids is 1. The molecule has 0 saturated heterocycles. The Bertz CT molecular complexity index is 444. The molecule has 0 amide bonds. The van der Waals surface area contributed by atoms with Gasteiger partial charge in [0.25, 0.3) is 0 Å². The van der Waals surface area contributed by atoms with Crippen LogP contribution in [0.4, 0.5) is 0 Å². The molecule has 1 N–H and O–H groups in total. The van der Waals surface area contributed by atoms with E-state index in [1.54, 1.807) is 6.08 Å². The maximum absolute atomic E-state index is 10.4. The van der Waals surface area contributed by atoms with Crippen LogP contribution in [0.15, 0.2) is 48.3 Å². The lowest BCUT2D eigenvalue weighted by atomic mass is 10.1. The first-order valence-electron chi connectivity index (χ1n) is 8.83. The van der Waals surface area contributed by atoms with Crippen molar-refractivity contribution in [2.24, 2.45) is 0 Å². The molecule has 0 spiro atoms. The summed E-state index contributed by atoms with van der Waals surface area (Å²) >= 11 is 0. The number of allylic oxidation sites excluding steroid dienone is 6. The normalized spacial score (nSPS) is 24.7. The molecule has 0 saturated carbocycles. The van der Waals surface area contributed by atoms with E-state index in [0.717, 1.165) is 31.1 Å². The summed E-state index contributed by atoms with van der Waals surface area (Å²) < 4.78 is 6.12. The Labute approximate surface area is 140 Å². The molecule has 0 aromatic carbocycles. The Morgan fingerprint density at radius 2 is 1.91 bits per heavy atom. The minimum atomic E-state index is -0.938. The van der Waals surface area contributed by atoms with E-state index in [1.165, 1.54) is 44.6 Å². The molecule has 0 aromatic heterocycles. The molecular weight excluding hydrogens is 288 g/mol. The summed E-state index contributed by atoms with van der Waals surface area (Å²) in [5.74, 6) is -0.0809. The highest BCUT2D eigenvalue weighted by atomic mass is 16.5. The zero-order chi connectivity index (χ0) is 16.8.